The van der Waals surface area contributed by atoms with Crippen LogP contribution in [-0.2, 0) is 0 Å². The number of non-ortho nitro benzene ring substituents is 1. The standard InChI is InChI=1S/C18H20N4O3/c1-3-21(4-2)17-11-10-16(22(24)25)12-15(17)13-19-20-18(23)14-8-6-5-7-9-14/h5-13H,3-4H2,1-2H3,(H,20,23)/b19-13-. The van der Waals surface area contributed by atoms with E-state index in [1.165, 1.54) is 18.3 Å². The predicted molar refractivity (Wildman–Crippen MR) is 98.2 cm³/mol. The van der Waals surface area contributed by atoms with Crippen LogP contribution in [0.1, 0.15) is 29.8 Å². The molecule has 0 unspecified atom stereocenters. The summed E-state index contributed by atoms with van der Waals surface area (Å²) in [6.07, 6.45) is 1.43. The van der Waals surface area contributed by atoms with Gasteiger partial charge in [-0.3, -0.25) is 14.9 Å². The molecule has 0 aliphatic heterocycles. The third-order valence-corrected chi connectivity index (χ3v) is 3.73. The molecule has 2 aromatic rings. The minimum absolute atomic E-state index is 0.0215. The molecule has 130 valence electrons. The normalized spacial score (nSPS) is 10.6. The molecule has 0 aliphatic rings. The van der Waals surface area contributed by atoms with Gasteiger partial charge in [0.1, 0.15) is 0 Å². The Morgan fingerprint density at radius 3 is 2.48 bits per heavy atom. The van der Waals surface area contributed by atoms with Crippen molar-refractivity contribution in [2.75, 3.05) is 18.0 Å². The highest BCUT2D eigenvalue weighted by Gasteiger charge is 2.13. The number of carbonyl (C=O) groups excluding carboxylic acids is 1. The molecule has 7 heteroatoms. The van der Waals surface area contributed by atoms with Crippen LogP contribution in [-0.4, -0.2) is 30.1 Å². The highest BCUT2D eigenvalue weighted by Crippen LogP contribution is 2.24. The van der Waals surface area contributed by atoms with Gasteiger partial charge >= 0.3 is 0 Å². The third kappa shape index (κ3) is 4.63. The smallest absolute Gasteiger partial charge is 0.271 e. The number of carbonyl (C=O) groups is 1. The van der Waals surface area contributed by atoms with E-state index in [0.717, 1.165) is 18.8 Å². The van der Waals surface area contributed by atoms with E-state index in [1.807, 2.05) is 19.9 Å². The summed E-state index contributed by atoms with van der Waals surface area (Å²) in [5, 5.41) is 15.0. The quantitative estimate of drug-likeness (QED) is 0.476. The van der Waals surface area contributed by atoms with Crippen LogP contribution in [0.25, 0.3) is 0 Å². The molecule has 0 radical (unpaired) electrons. The van der Waals surface area contributed by atoms with E-state index in [0.29, 0.717) is 11.1 Å². The minimum Gasteiger partial charge on any atom is -0.372 e. The summed E-state index contributed by atoms with van der Waals surface area (Å²) in [6.45, 7) is 5.52. The predicted octanol–water partition coefficient (Wildman–Crippen LogP) is 3.20. The van der Waals surface area contributed by atoms with Gasteiger partial charge in [0, 0.05) is 42.0 Å². The van der Waals surface area contributed by atoms with Crippen molar-refractivity contribution in [3.05, 3.63) is 69.8 Å². The molecule has 0 saturated carbocycles. The number of nitro groups is 1. The lowest BCUT2D eigenvalue weighted by atomic mass is 10.1. The number of hydrogen-bond acceptors (Lipinski definition) is 5. The highest BCUT2D eigenvalue weighted by atomic mass is 16.6. The Bertz CT molecular complexity index is 771. The Morgan fingerprint density at radius 2 is 1.88 bits per heavy atom. The Labute approximate surface area is 146 Å². The first-order valence-electron chi connectivity index (χ1n) is 7.98. The van der Waals surface area contributed by atoms with Gasteiger partial charge in [-0.25, -0.2) is 5.43 Å². The lowest BCUT2D eigenvalue weighted by molar-refractivity contribution is -0.384. The number of benzene rings is 2. The third-order valence-electron chi connectivity index (χ3n) is 3.73. The number of anilines is 1. The molecule has 2 rings (SSSR count). The van der Waals surface area contributed by atoms with Crippen molar-refractivity contribution >= 4 is 23.5 Å². The topological polar surface area (TPSA) is 87.8 Å². The summed E-state index contributed by atoms with van der Waals surface area (Å²) in [5.74, 6) is -0.341. The van der Waals surface area contributed by atoms with Crippen LogP contribution in [0, 0.1) is 10.1 Å². The van der Waals surface area contributed by atoms with Crippen molar-refractivity contribution in [3.8, 4) is 0 Å². The van der Waals surface area contributed by atoms with Crippen molar-refractivity contribution in [1.29, 1.82) is 0 Å². The van der Waals surface area contributed by atoms with Crippen LogP contribution in [0.2, 0.25) is 0 Å². The molecular formula is C18H20N4O3. The zero-order chi connectivity index (χ0) is 18.2. The van der Waals surface area contributed by atoms with Crippen molar-refractivity contribution in [2.45, 2.75) is 13.8 Å². The summed E-state index contributed by atoms with van der Waals surface area (Å²) in [6, 6.07) is 13.3. The Morgan fingerprint density at radius 1 is 1.20 bits per heavy atom. The van der Waals surface area contributed by atoms with Crippen molar-refractivity contribution < 1.29 is 9.72 Å². The van der Waals surface area contributed by atoms with E-state index in [2.05, 4.69) is 15.4 Å². The molecule has 25 heavy (non-hydrogen) atoms. The van der Waals surface area contributed by atoms with Crippen LogP contribution in [0.5, 0.6) is 0 Å². The average Bonchev–Trinajstić information content (AvgIpc) is 2.64. The molecule has 0 bridgehead atoms. The fourth-order valence-corrected chi connectivity index (χ4v) is 2.43. The molecule has 0 atom stereocenters. The van der Waals surface area contributed by atoms with E-state index >= 15 is 0 Å². The van der Waals surface area contributed by atoms with Gasteiger partial charge in [0.15, 0.2) is 0 Å². The molecule has 0 fully saturated rings. The largest absolute Gasteiger partial charge is 0.372 e. The number of nitrogens with one attached hydrogen (secondary N) is 1. The monoisotopic (exact) mass is 340 g/mol. The van der Waals surface area contributed by atoms with Crippen LogP contribution in [0.4, 0.5) is 11.4 Å². The summed E-state index contributed by atoms with van der Waals surface area (Å²) < 4.78 is 0. The molecule has 7 nitrogen and oxygen atoms in total. The number of rotatable bonds is 7. The highest BCUT2D eigenvalue weighted by molar-refractivity contribution is 5.95. The second-order valence-electron chi connectivity index (χ2n) is 5.24. The number of nitro benzene ring substituents is 1. The molecule has 0 aliphatic carbocycles. The second kappa shape index (κ2) is 8.58. The Hall–Kier alpha value is -3.22. The number of amides is 1. The van der Waals surface area contributed by atoms with Crippen molar-refractivity contribution in [2.24, 2.45) is 5.10 Å². The van der Waals surface area contributed by atoms with Gasteiger partial charge in [-0.2, -0.15) is 5.10 Å². The summed E-state index contributed by atoms with van der Waals surface area (Å²) in [5.41, 5.74) is 4.31. The zero-order valence-corrected chi connectivity index (χ0v) is 14.2. The first-order valence-corrected chi connectivity index (χ1v) is 7.98. The summed E-state index contributed by atoms with van der Waals surface area (Å²) in [4.78, 5) is 24.6. The maximum atomic E-state index is 12.0. The Kier molecular flexibility index (Phi) is 6.22. The molecule has 1 N–H and O–H groups in total. The van der Waals surface area contributed by atoms with Gasteiger partial charge < -0.3 is 4.90 Å². The molecule has 2 aromatic carbocycles. The lowest BCUT2D eigenvalue weighted by Crippen LogP contribution is -2.23. The van der Waals surface area contributed by atoms with Gasteiger partial charge in [0.2, 0.25) is 0 Å². The van der Waals surface area contributed by atoms with Crippen LogP contribution in [0.15, 0.2) is 53.6 Å². The van der Waals surface area contributed by atoms with Crippen LogP contribution < -0.4 is 10.3 Å². The number of hydrogen-bond donors (Lipinski definition) is 1. The first-order chi connectivity index (χ1) is 12.1. The summed E-state index contributed by atoms with van der Waals surface area (Å²) in [7, 11) is 0. The SMILES string of the molecule is CCN(CC)c1ccc([N+](=O)[O-])cc1/C=N\NC(=O)c1ccccc1. The fraction of sp³-hybridized carbons (Fsp3) is 0.222. The van der Waals surface area contributed by atoms with Gasteiger partial charge in [-0.15, -0.1) is 0 Å². The van der Waals surface area contributed by atoms with Crippen LogP contribution in [0.3, 0.4) is 0 Å². The van der Waals surface area contributed by atoms with Gasteiger partial charge in [0.25, 0.3) is 11.6 Å². The molecule has 0 aromatic heterocycles. The lowest BCUT2D eigenvalue weighted by Gasteiger charge is -2.22. The minimum atomic E-state index is -0.452. The van der Waals surface area contributed by atoms with Gasteiger partial charge in [-0.1, -0.05) is 18.2 Å². The second-order valence-corrected chi connectivity index (χ2v) is 5.24. The molecule has 1 amide bonds. The summed E-state index contributed by atoms with van der Waals surface area (Å²) >= 11 is 0. The van der Waals surface area contributed by atoms with Crippen molar-refractivity contribution in [3.63, 3.8) is 0 Å². The number of hydrazone groups is 1. The van der Waals surface area contributed by atoms with E-state index in [-0.39, 0.29) is 11.6 Å². The van der Waals surface area contributed by atoms with Crippen molar-refractivity contribution in [1.82, 2.24) is 5.43 Å². The molecule has 0 spiro atoms. The molecular weight excluding hydrogens is 320 g/mol. The zero-order valence-electron chi connectivity index (χ0n) is 14.2. The van der Waals surface area contributed by atoms with E-state index in [4.69, 9.17) is 0 Å². The maximum absolute atomic E-state index is 12.0. The Balaban J connectivity index is 2.24. The first kappa shape index (κ1) is 18.1. The molecule has 0 saturated heterocycles. The molecule has 0 heterocycles. The van der Waals surface area contributed by atoms with E-state index < -0.39 is 4.92 Å². The van der Waals surface area contributed by atoms with Gasteiger partial charge in [0.05, 0.1) is 11.1 Å². The van der Waals surface area contributed by atoms with Gasteiger partial charge in [-0.05, 0) is 32.0 Å². The fourth-order valence-electron chi connectivity index (χ4n) is 2.43. The van der Waals surface area contributed by atoms with E-state index in [9.17, 15) is 14.9 Å². The van der Waals surface area contributed by atoms with E-state index in [1.54, 1.807) is 30.3 Å². The number of nitrogens with zero attached hydrogens (tertiary/aromatic N) is 3. The van der Waals surface area contributed by atoms with Crippen LogP contribution >= 0.6 is 0 Å². The average molecular weight is 340 g/mol. The maximum Gasteiger partial charge on any atom is 0.271 e.